The number of alkyl halides is 3. The van der Waals surface area contributed by atoms with Crippen molar-refractivity contribution in [3.05, 3.63) is 47.9 Å². The van der Waals surface area contributed by atoms with Crippen LogP contribution < -0.4 is 5.32 Å². The average molecular weight is 349 g/mol. The SMILES string of the molecule is O=C(NC1CCCCC1)c1nccnc1-c1ccc(C(F)(F)F)cc1. The summed E-state index contributed by atoms with van der Waals surface area (Å²) in [6.45, 7) is 0. The van der Waals surface area contributed by atoms with Gasteiger partial charge in [0.15, 0.2) is 5.69 Å². The van der Waals surface area contributed by atoms with Crippen molar-refractivity contribution >= 4 is 5.91 Å². The minimum absolute atomic E-state index is 0.115. The predicted molar refractivity (Wildman–Crippen MR) is 86.8 cm³/mol. The number of nitrogens with one attached hydrogen (secondary N) is 1. The van der Waals surface area contributed by atoms with E-state index in [0.29, 0.717) is 5.56 Å². The molecule has 0 unspecified atom stereocenters. The zero-order valence-corrected chi connectivity index (χ0v) is 13.5. The van der Waals surface area contributed by atoms with Crippen LogP contribution >= 0.6 is 0 Å². The van der Waals surface area contributed by atoms with E-state index < -0.39 is 11.7 Å². The molecule has 1 aliphatic carbocycles. The van der Waals surface area contributed by atoms with Crippen LogP contribution in [0.5, 0.6) is 0 Å². The summed E-state index contributed by atoms with van der Waals surface area (Å²) >= 11 is 0. The molecule has 0 spiro atoms. The van der Waals surface area contributed by atoms with Crippen molar-refractivity contribution in [3.8, 4) is 11.3 Å². The standard InChI is InChI=1S/C18H18F3N3O/c19-18(20,21)13-8-6-12(7-9-13)15-16(23-11-10-22-15)17(25)24-14-4-2-1-3-5-14/h6-11,14H,1-5H2,(H,24,25). The number of amides is 1. The van der Waals surface area contributed by atoms with E-state index >= 15 is 0 Å². The van der Waals surface area contributed by atoms with Gasteiger partial charge in [-0.3, -0.25) is 9.78 Å². The number of carbonyl (C=O) groups is 1. The van der Waals surface area contributed by atoms with Gasteiger partial charge in [-0.25, -0.2) is 4.98 Å². The van der Waals surface area contributed by atoms with Crippen molar-refractivity contribution in [1.29, 1.82) is 0 Å². The summed E-state index contributed by atoms with van der Waals surface area (Å²) in [7, 11) is 0. The molecule has 4 nitrogen and oxygen atoms in total. The topological polar surface area (TPSA) is 54.9 Å². The lowest BCUT2D eigenvalue weighted by Gasteiger charge is -2.22. The molecule has 1 aromatic carbocycles. The second-order valence-electron chi connectivity index (χ2n) is 6.14. The van der Waals surface area contributed by atoms with Gasteiger partial charge in [0.25, 0.3) is 5.91 Å². The molecule has 1 saturated carbocycles. The van der Waals surface area contributed by atoms with Crippen LogP contribution in [0.25, 0.3) is 11.3 Å². The molecule has 1 N–H and O–H groups in total. The van der Waals surface area contributed by atoms with Crippen LogP contribution in [-0.2, 0) is 6.18 Å². The molecule has 0 aliphatic heterocycles. The van der Waals surface area contributed by atoms with Crippen LogP contribution in [0.4, 0.5) is 13.2 Å². The lowest BCUT2D eigenvalue weighted by Crippen LogP contribution is -2.37. The summed E-state index contributed by atoms with van der Waals surface area (Å²) in [6.07, 6.45) is 3.63. The van der Waals surface area contributed by atoms with Crippen molar-refractivity contribution in [1.82, 2.24) is 15.3 Å². The van der Waals surface area contributed by atoms with Crippen LogP contribution in [0.15, 0.2) is 36.7 Å². The number of hydrogen-bond acceptors (Lipinski definition) is 3. The Hall–Kier alpha value is -2.44. The Morgan fingerprint density at radius 3 is 2.28 bits per heavy atom. The lowest BCUT2D eigenvalue weighted by atomic mass is 9.95. The summed E-state index contributed by atoms with van der Waals surface area (Å²) in [4.78, 5) is 20.8. The van der Waals surface area contributed by atoms with Crippen molar-refractivity contribution < 1.29 is 18.0 Å². The van der Waals surface area contributed by atoms with E-state index in [-0.39, 0.29) is 23.3 Å². The van der Waals surface area contributed by atoms with Gasteiger partial charge in [0, 0.05) is 24.0 Å². The van der Waals surface area contributed by atoms with E-state index in [1.807, 2.05) is 0 Å². The van der Waals surface area contributed by atoms with Gasteiger partial charge in [-0.15, -0.1) is 0 Å². The fraction of sp³-hybridized carbons (Fsp3) is 0.389. The van der Waals surface area contributed by atoms with Crippen LogP contribution in [0.1, 0.15) is 48.2 Å². The van der Waals surface area contributed by atoms with E-state index in [1.165, 1.54) is 30.9 Å². The zero-order chi connectivity index (χ0) is 17.9. The molecule has 25 heavy (non-hydrogen) atoms. The maximum atomic E-state index is 12.7. The maximum Gasteiger partial charge on any atom is 0.416 e. The fourth-order valence-corrected chi connectivity index (χ4v) is 3.03. The fourth-order valence-electron chi connectivity index (χ4n) is 3.03. The third-order valence-electron chi connectivity index (χ3n) is 4.34. The number of benzene rings is 1. The molecule has 0 atom stereocenters. The molecule has 0 radical (unpaired) electrons. The quantitative estimate of drug-likeness (QED) is 0.902. The van der Waals surface area contributed by atoms with E-state index in [1.54, 1.807) is 0 Å². The Bertz CT molecular complexity index is 738. The first kappa shape index (κ1) is 17.4. The van der Waals surface area contributed by atoms with Crippen molar-refractivity contribution in [2.24, 2.45) is 0 Å². The predicted octanol–water partition coefficient (Wildman–Crippen LogP) is 4.22. The van der Waals surface area contributed by atoms with Gasteiger partial charge in [-0.1, -0.05) is 31.4 Å². The van der Waals surface area contributed by atoms with Crippen LogP contribution in [0.2, 0.25) is 0 Å². The molecule has 1 aromatic heterocycles. The second-order valence-corrected chi connectivity index (χ2v) is 6.14. The Morgan fingerprint density at radius 1 is 1.00 bits per heavy atom. The zero-order valence-electron chi connectivity index (χ0n) is 13.5. The van der Waals surface area contributed by atoms with Gasteiger partial charge in [0.1, 0.15) is 5.69 Å². The summed E-state index contributed by atoms with van der Waals surface area (Å²) < 4.78 is 38.1. The largest absolute Gasteiger partial charge is 0.416 e. The molecule has 2 aromatic rings. The van der Waals surface area contributed by atoms with Crippen molar-refractivity contribution in [2.45, 2.75) is 44.3 Å². The summed E-state index contributed by atoms with van der Waals surface area (Å²) in [5, 5.41) is 2.96. The van der Waals surface area contributed by atoms with Gasteiger partial charge in [0.2, 0.25) is 0 Å². The Labute approximate surface area is 143 Å². The first-order chi connectivity index (χ1) is 11.9. The van der Waals surface area contributed by atoms with Crippen molar-refractivity contribution in [3.63, 3.8) is 0 Å². The molecule has 1 fully saturated rings. The number of aromatic nitrogens is 2. The third kappa shape index (κ3) is 4.15. The number of halogens is 3. The Balaban J connectivity index is 1.84. The molecular weight excluding hydrogens is 331 g/mol. The highest BCUT2D eigenvalue weighted by atomic mass is 19.4. The van der Waals surface area contributed by atoms with Gasteiger partial charge in [-0.05, 0) is 25.0 Å². The monoisotopic (exact) mass is 349 g/mol. The third-order valence-corrected chi connectivity index (χ3v) is 4.34. The average Bonchev–Trinajstić information content (AvgIpc) is 2.62. The van der Waals surface area contributed by atoms with Crippen molar-refractivity contribution in [2.75, 3.05) is 0 Å². The first-order valence-corrected chi connectivity index (χ1v) is 8.24. The normalized spacial score (nSPS) is 15.8. The second kappa shape index (κ2) is 7.21. The Kier molecular flexibility index (Phi) is 5.01. The minimum atomic E-state index is -4.40. The van der Waals surface area contributed by atoms with Gasteiger partial charge < -0.3 is 5.32 Å². The molecular formula is C18H18F3N3O. The van der Waals surface area contributed by atoms with Gasteiger partial charge in [-0.2, -0.15) is 13.2 Å². The van der Waals surface area contributed by atoms with Gasteiger partial charge >= 0.3 is 6.18 Å². The molecule has 1 amide bonds. The highest BCUT2D eigenvalue weighted by Crippen LogP contribution is 2.31. The van der Waals surface area contributed by atoms with E-state index in [2.05, 4.69) is 15.3 Å². The van der Waals surface area contributed by atoms with Crippen LogP contribution in [-0.4, -0.2) is 21.9 Å². The maximum absolute atomic E-state index is 12.7. The highest BCUT2D eigenvalue weighted by Gasteiger charge is 2.30. The van der Waals surface area contributed by atoms with E-state index in [4.69, 9.17) is 0 Å². The number of rotatable bonds is 3. The smallest absolute Gasteiger partial charge is 0.348 e. The Morgan fingerprint density at radius 2 is 1.64 bits per heavy atom. The van der Waals surface area contributed by atoms with E-state index in [0.717, 1.165) is 37.8 Å². The molecule has 7 heteroatoms. The minimum Gasteiger partial charge on any atom is -0.348 e. The molecule has 0 saturated heterocycles. The van der Waals surface area contributed by atoms with Crippen LogP contribution in [0, 0.1) is 0 Å². The molecule has 1 aliphatic rings. The molecule has 132 valence electrons. The number of hydrogen-bond donors (Lipinski definition) is 1. The van der Waals surface area contributed by atoms with E-state index in [9.17, 15) is 18.0 Å². The lowest BCUT2D eigenvalue weighted by molar-refractivity contribution is -0.137. The number of carbonyl (C=O) groups excluding carboxylic acids is 1. The highest BCUT2D eigenvalue weighted by molar-refractivity contribution is 5.98. The van der Waals surface area contributed by atoms with Crippen LogP contribution in [0.3, 0.4) is 0 Å². The van der Waals surface area contributed by atoms with Gasteiger partial charge in [0.05, 0.1) is 5.56 Å². The number of nitrogens with zero attached hydrogens (tertiary/aromatic N) is 2. The molecule has 1 heterocycles. The summed E-state index contributed by atoms with van der Waals surface area (Å²) in [6, 6.07) is 4.69. The summed E-state index contributed by atoms with van der Waals surface area (Å²) in [5.74, 6) is -0.338. The summed E-state index contributed by atoms with van der Waals surface area (Å²) in [5.41, 5.74) is 0.0978. The first-order valence-electron chi connectivity index (χ1n) is 8.24. The molecule has 3 rings (SSSR count). The molecule has 0 bridgehead atoms.